The minimum Gasteiger partial charge on any atom is -0.378 e. The molecule has 6 rings (SSSR count). The first-order chi connectivity index (χ1) is 21.8. The summed E-state index contributed by atoms with van der Waals surface area (Å²) in [5.41, 5.74) is 1.72. The minimum absolute atomic E-state index is 0.0207. The molecule has 242 valence electrons. The van der Waals surface area contributed by atoms with Crippen molar-refractivity contribution in [3.05, 3.63) is 93.7 Å². The predicted octanol–water partition coefficient (Wildman–Crippen LogP) is 3.77. The number of piperazine rings is 1. The smallest absolute Gasteiger partial charge is 0.251 e. The zero-order valence-electron chi connectivity index (χ0n) is 25.1. The Morgan fingerprint density at radius 1 is 0.957 bits per heavy atom. The Morgan fingerprint density at radius 2 is 1.63 bits per heavy atom. The Balaban J connectivity index is 1.41. The summed E-state index contributed by atoms with van der Waals surface area (Å²) in [5, 5.41) is 2.86. The van der Waals surface area contributed by atoms with Gasteiger partial charge in [0.1, 0.15) is 29.0 Å². The molecule has 3 aromatic rings. The third-order valence-electron chi connectivity index (χ3n) is 8.59. The number of carbonyl (C=O) groups excluding carboxylic acids is 3. The maximum absolute atomic E-state index is 14.4. The first-order valence-electron chi connectivity index (χ1n) is 14.8. The molecule has 2 aliphatic heterocycles. The molecule has 3 atom stereocenters. The van der Waals surface area contributed by atoms with Crippen LogP contribution in [0.25, 0.3) is 0 Å². The van der Waals surface area contributed by atoms with Crippen LogP contribution in [0.5, 0.6) is 0 Å². The molecule has 3 amide bonds. The van der Waals surface area contributed by atoms with E-state index < -0.39 is 52.4 Å². The number of halogens is 3. The van der Waals surface area contributed by atoms with Crippen molar-refractivity contribution in [2.75, 3.05) is 32.1 Å². The van der Waals surface area contributed by atoms with Gasteiger partial charge in [-0.05, 0) is 73.0 Å². The molecule has 14 heteroatoms. The van der Waals surface area contributed by atoms with E-state index in [4.69, 9.17) is 23.2 Å². The topological polar surface area (TPSA) is 110 Å². The Bertz CT molecular complexity index is 1790. The van der Waals surface area contributed by atoms with E-state index >= 15 is 0 Å². The highest BCUT2D eigenvalue weighted by atomic mass is 35.5. The van der Waals surface area contributed by atoms with Gasteiger partial charge >= 0.3 is 0 Å². The van der Waals surface area contributed by atoms with Crippen LogP contribution in [-0.2, 0) is 26.0 Å². The lowest BCUT2D eigenvalue weighted by atomic mass is 9.97. The number of rotatable bonds is 8. The summed E-state index contributed by atoms with van der Waals surface area (Å²) in [4.78, 5) is 46.3. The molecule has 3 unspecified atom stereocenters. The SMILES string of the molecule is CN(C)c1ccc(C(=O)NC2CN(S(=O)(=O)c3ccc(Cl)cc3Cl)C3CN(C4CC4)C(=O)C(Cc4ccc(F)cc4)N3C2=O)cc1. The van der Waals surface area contributed by atoms with Gasteiger partial charge in [0.2, 0.25) is 21.8 Å². The molecule has 1 saturated carbocycles. The Morgan fingerprint density at radius 3 is 2.24 bits per heavy atom. The standard InChI is InChI=1S/C32H32Cl2FN5O5S/c1-37(2)23-10-5-20(6-11-23)30(41)36-26-17-39(46(44,45)28-14-7-21(33)16-25(28)34)29-18-38(24-12-13-24)32(43)27(40(29)31(26)42)15-19-3-8-22(35)9-4-19/h3-11,14,16,24,26-27,29H,12-13,15,17-18H2,1-2H3,(H,36,41). The fraction of sp³-hybridized carbons (Fsp3) is 0.344. The van der Waals surface area contributed by atoms with Gasteiger partial charge in [-0.2, -0.15) is 4.31 Å². The molecule has 3 fully saturated rings. The van der Waals surface area contributed by atoms with Crippen LogP contribution in [0.15, 0.2) is 71.6 Å². The Hall–Kier alpha value is -3.71. The lowest BCUT2D eigenvalue weighted by Crippen LogP contribution is -2.76. The van der Waals surface area contributed by atoms with E-state index in [2.05, 4.69) is 5.32 Å². The summed E-state index contributed by atoms with van der Waals surface area (Å²) >= 11 is 12.5. The number of sulfonamides is 1. The van der Waals surface area contributed by atoms with Crippen molar-refractivity contribution in [2.45, 2.75) is 48.4 Å². The summed E-state index contributed by atoms with van der Waals surface area (Å²) in [6.45, 7) is -0.439. The number of carbonyl (C=O) groups is 3. The van der Waals surface area contributed by atoms with E-state index in [1.54, 1.807) is 29.2 Å². The summed E-state index contributed by atoms with van der Waals surface area (Å²) in [6, 6.07) is 13.8. The van der Waals surface area contributed by atoms with Gasteiger partial charge in [-0.3, -0.25) is 14.4 Å². The molecule has 0 bridgehead atoms. The lowest BCUT2D eigenvalue weighted by molar-refractivity contribution is -0.167. The van der Waals surface area contributed by atoms with Crippen molar-refractivity contribution in [3.8, 4) is 0 Å². The number of hydrogen-bond acceptors (Lipinski definition) is 6. The van der Waals surface area contributed by atoms with Gasteiger partial charge in [0.05, 0.1) is 11.6 Å². The van der Waals surface area contributed by atoms with Crippen LogP contribution in [0.3, 0.4) is 0 Å². The number of fused-ring (bicyclic) bond motifs is 1. The number of anilines is 1. The van der Waals surface area contributed by atoms with E-state index in [1.165, 1.54) is 47.4 Å². The van der Waals surface area contributed by atoms with Gasteiger partial charge in [0.25, 0.3) is 5.91 Å². The molecule has 1 aliphatic carbocycles. The molecule has 2 saturated heterocycles. The lowest BCUT2D eigenvalue weighted by Gasteiger charge is -2.53. The van der Waals surface area contributed by atoms with Crippen LogP contribution in [0.4, 0.5) is 10.1 Å². The number of amides is 3. The van der Waals surface area contributed by atoms with Gasteiger partial charge in [0, 0.05) is 49.4 Å². The molecule has 3 aliphatic rings. The molecule has 0 radical (unpaired) electrons. The molecular weight excluding hydrogens is 656 g/mol. The monoisotopic (exact) mass is 687 g/mol. The number of nitrogens with zero attached hydrogens (tertiary/aromatic N) is 4. The van der Waals surface area contributed by atoms with Gasteiger partial charge in [0.15, 0.2) is 0 Å². The second kappa shape index (κ2) is 12.5. The molecule has 2 heterocycles. The zero-order chi connectivity index (χ0) is 32.9. The second-order valence-corrected chi connectivity index (χ2v) is 14.6. The number of hydrogen-bond donors (Lipinski definition) is 1. The van der Waals surface area contributed by atoms with Crippen LogP contribution in [-0.4, -0.2) is 91.7 Å². The van der Waals surface area contributed by atoms with Crippen molar-refractivity contribution in [1.82, 2.24) is 19.4 Å². The van der Waals surface area contributed by atoms with Gasteiger partial charge in [-0.1, -0.05) is 35.3 Å². The van der Waals surface area contributed by atoms with E-state index in [0.717, 1.165) is 22.8 Å². The molecular formula is C32H32Cl2FN5O5S. The molecule has 10 nitrogen and oxygen atoms in total. The van der Waals surface area contributed by atoms with Crippen LogP contribution in [0, 0.1) is 5.82 Å². The summed E-state index contributed by atoms with van der Waals surface area (Å²) in [5.74, 6) is -1.96. The summed E-state index contributed by atoms with van der Waals surface area (Å²) < 4.78 is 43.6. The molecule has 0 spiro atoms. The van der Waals surface area contributed by atoms with E-state index in [9.17, 15) is 27.2 Å². The average molecular weight is 689 g/mol. The first-order valence-corrected chi connectivity index (χ1v) is 17.0. The molecule has 0 aromatic heterocycles. The van der Waals surface area contributed by atoms with Crippen molar-refractivity contribution in [2.24, 2.45) is 0 Å². The number of benzene rings is 3. The van der Waals surface area contributed by atoms with Gasteiger partial charge < -0.3 is 20.0 Å². The minimum atomic E-state index is -4.40. The highest BCUT2D eigenvalue weighted by Crippen LogP contribution is 2.38. The first kappa shape index (κ1) is 32.2. The zero-order valence-corrected chi connectivity index (χ0v) is 27.4. The highest BCUT2D eigenvalue weighted by molar-refractivity contribution is 7.89. The van der Waals surface area contributed by atoms with E-state index in [-0.39, 0.29) is 45.4 Å². The molecule has 1 N–H and O–H groups in total. The van der Waals surface area contributed by atoms with Crippen molar-refractivity contribution in [3.63, 3.8) is 0 Å². The highest BCUT2D eigenvalue weighted by Gasteiger charge is 2.55. The summed E-state index contributed by atoms with van der Waals surface area (Å²) in [6.07, 6.45) is 0.459. The van der Waals surface area contributed by atoms with Crippen LogP contribution in [0.2, 0.25) is 10.0 Å². The second-order valence-electron chi connectivity index (χ2n) is 11.9. The Labute approximate surface area is 276 Å². The van der Waals surface area contributed by atoms with Crippen molar-refractivity contribution < 1.29 is 27.2 Å². The average Bonchev–Trinajstić information content (AvgIpc) is 3.86. The third kappa shape index (κ3) is 6.18. The Kier molecular flexibility index (Phi) is 8.75. The van der Waals surface area contributed by atoms with Crippen LogP contribution in [0.1, 0.15) is 28.8 Å². The van der Waals surface area contributed by atoms with Crippen LogP contribution >= 0.6 is 23.2 Å². The number of nitrogens with one attached hydrogen (secondary N) is 1. The largest absolute Gasteiger partial charge is 0.378 e. The summed E-state index contributed by atoms with van der Waals surface area (Å²) in [7, 11) is -0.672. The maximum Gasteiger partial charge on any atom is 0.251 e. The maximum atomic E-state index is 14.4. The fourth-order valence-electron chi connectivity index (χ4n) is 6.04. The van der Waals surface area contributed by atoms with Crippen molar-refractivity contribution >= 4 is 56.6 Å². The van der Waals surface area contributed by atoms with Gasteiger partial charge in [-0.15, -0.1) is 0 Å². The van der Waals surface area contributed by atoms with Gasteiger partial charge in [-0.25, -0.2) is 12.8 Å². The fourth-order valence-corrected chi connectivity index (χ4v) is 8.37. The van der Waals surface area contributed by atoms with Crippen LogP contribution < -0.4 is 10.2 Å². The third-order valence-corrected chi connectivity index (χ3v) is 11.2. The molecule has 3 aromatic carbocycles. The quantitative estimate of drug-likeness (QED) is 0.386. The van der Waals surface area contributed by atoms with Crippen molar-refractivity contribution in [1.29, 1.82) is 0 Å². The predicted molar refractivity (Wildman–Crippen MR) is 172 cm³/mol. The normalized spacial score (nSPS) is 22.1. The van der Waals surface area contributed by atoms with E-state index in [0.29, 0.717) is 5.56 Å². The van der Waals surface area contributed by atoms with E-state index in [1.807, 2.05) is 19.0 Å². The molecule has 46 heavy (non-hydrogen) atoms.